The molecule has 1 saturated heterocycles. The van der Waals surface area contributed by atoms with Crippen molar-refractivity contribution in [2.24, 2.45) is 12.0 Å². The number of nitrogens with one attached hydrogen (secondary N) is 2. The fourth-order valence-corrected chi connectivity index (χ4v) is 11.3. The summed E-state index contributed by atoms with van der Waals surface area (Å²) in [7, 11) is 15.6. The Morgan fingerprint density at radius 3 is 1.42 bits per heavy atom. The van der Waals surface area contributed by atoms with Crippen molar-refractivity contribution >= 4 is 72.9 Å². The van der Waals surface area contributed by atoms with Crippen molar-refractivity contribution in [1.82, 2.24) is 65.0 Å². The molecule has 24 heteroatoms. The second-order valence-corrected chi connectivity index (χ2v) is 23.2. The van der Waals surface area contributed by atoms with Crippen LogP contribution in [-0.2, 0) is 11.8 Å². The minimum atomic E-state index is -0.000465. The van der Waals surface area contributed by atoms with Crippen LogP contribution in [-0.4, -0.2) is 155 Å². The predicted molar refractivity (Wildman–Crippen MR) is 386 cm³/mol. The van der Waals surface area contributed by atoms with Gasteiger partial charge in [0.15, 0.2) is 0 Å². The van der Waals surface area contributed by atoms with Crippen molar-refractivity contribution in [3.05, 3.63) is 165 Å². The average molecular weight is 1320 g/mol. The number of hydrogen-bond acceptors (Lipinski definition) is 21. The summed E-state index contributed by atoms with van der Waals surface area (Å²) in [5.74, 6) is 4.42. The first kappa shape index (κ1) is 68.2. The number of aryl methyl sites for hydroxylation is 1. The van der Waals surface area contributed by atoms with Gasteiger partial charge in [-0.25, -0.2) is 19.6 Å². The molecular formula is C74H83N17O7. The molecule has 506 valence electrons. The highest BCUT2D eigenvalue weighted by molar-refractivity contribution is 5.91. The molecule has 0 spiro atoms. The number of aliphatic imine (C=N–C) groups is 1. The van der Waals surface area contributed by atoms with E-state index in [4.69, 9.17) is 48.1 Å². The van der Waals surface area contributed by atoms with Crippen LogP contribution in [0.5, 0.6) is 34.5 Å². The molecule has 0 amide bonds. The van der Waals surface area contributed by atoms with Crippen LogP contribution >= 0.6 is 0 Å². The summed E-state index contributed by atoms with van der Waals surface area (Å²) in [4.78, 5) is 39.4. The molecule has 1 atom stereocenters. The number of aromatic amines is 1. The Balaban J connectivity index is 0.000000149. The van der Waals surface area contributed by atoms with Gasteiger partial charge in [-0.05, 0) is 94.3 Å². The van der Waals surface area contributed by atoms with Gasteiger partial charge in [0.25, 0.3) is 0 Å². The largest absolute Gasteiger partial charge is 0.497 e. The van der Waals surface area contributed by atoms with Crippen molar-refractivity contribution < 1.29 is 33.2 Å². The lowest BCUT2D eigenvalue weighted by Gasteiger charge is -2.26. The molecule has 6 aromatic heterocycles. The molecule has 0 saturated carbocycles. The normalized spacial score (nSPS) is 12.9. The van der Waals surface area contributed by atoms with E-state index in [1.807, 2.05) is 141 Å². The number of nitrogens with zero attached hydrogens (tertiary/aromatic N) is 15. The van der Waals surface area contributed by atoms with Gasteiger partial charge in [-0.2, -0.15) is 15.3 Å². The molecule has 1 unspecified atom stereocenters. The molecule has 24 nitrogen and oxygen atoms in total. The topological polar surface area (TPSA) is 240 Å². The van der Waals surface area contributed by atoms with Crippen LogP contribution in [0, 0.1) is 0 Å². The molecule has 6 aromatic carbocycles. The molecule has 13 rings (SSSR count). The molecule has 2 N–H and O–H groups in total. The number of unbranched alkanes of at least 4 members (excludes halogenated alkanes) is 1. The van der Waals surface area contributed by atoms with Crippen LogP contribution in [0.25, 0.3) is 66.9 Å². The molecule has 0 radical (unpaired) electrons. The van der Waals surface area contributed by atoms with Crippen LogP contribution < -0.4 is 48.4 Å². The Kier molecular flexibility index (Phi) is 22.6. The van der Waals surface area contributed by atoms with E-state index >= 15 is 0 Å². The summed E-state index contributed by atoms with van der Waals surface area (Å²) >= 11 is 0. The Morgan fingerprint density at radius 1 is 0.541 bits per heavy atom. The lowest BCUT2D eigenvalue weighted by Crippen LogP contribution is -2.26. The van der Waals surface area contributed by atoms with E-state index in [9.17, 15) is 0 Å². The van der Waals surface area contributed by atoms with Crippen molar-refractivity contribution in [1.29, 1.82) is 0 Å². The summed E-state index contributed by atoms with van der Waals surface area (Å²) in [6, 6.07) is 36.0. The third-order valence-electron chi connectivity index (χ3n) is 16.7. The van der Waals surface area contributed by atoms with Crippen LogP contribution in [0.4, 0.5) is 34.1 Å². The summed E-state index contributed by atoms with van der Waals surface area (Å²) < 4.78 is 42.5. The van der Waals surface area contributed by atoms with Crippen molar-refractivity contribution in [3.63, 3.8) is 0 Å². The quantitative estimate of drug-likeness (QED) is 0.0534. The number of ether oxygens (including phenoxy) is 7. The zero-order valence-electron chi connectivity index (χ0n) is 57.3. The highest BCUT2D eigenvalue weighted by atomic mass is 16.5. The molecule has 0 aliphatic carbocycles. The standard InChI is InChI=1S/C28H33N5O3.C24H26N6O2.C22H24N6O2/c1-4-5-11-32(22-13-23(34-2)16-24(14-22)35-3)21-9-10-25-26(15-21)31-27(18-29-25)20-17-30-33(19-20)28-8-6-7-12-36-28;1-16(25-2)14-30(19-8-20(31-4)11-21(9-19)32-5)18-6-7-22-23(10-18)28-24(13-26-22)17-12-27-29(3)15-17;1-23-6-7-28(17-8-18(29-2)11-19(9-17)30-3)16-4-5-20-21(10-16)27-22(14-24-20)15-12-25-26-13-15/h9-10,13-19,28H,4-8,11-12H2,1-3H3;6-13,15H,14H2,1-5H3;4-5,8-14,23H,6-7H2,1-3H3,(H,25,26). The van der Waals surface area contributed by atoms with E-state index in [-0.39, 0.29) is 6.23 Å². The molecular weight excluding hydrogens is 1240 g/mol. The lowest BCUT2D eigenvalue weighted by atomic mass is 10.1. The van der Waals surface area contributed by atoms with E-state index in [0.29, 0.717) is 6.54 Å². The Labute approximate surface area is 570 Å². The predicted octanol–water partition coefficient (Wildman–Crippen LogP) is 13.8. The smallest absolute Gasteiger partial charge is 0.150 e. The number of likely N-dealkylation sites (N-methyl/N-ethyl adjacent to an activating group) is 1. The number of benzene rings is 6. The molecule has 7 heterocycles. The molecule has 12 aromatic rings. The Bertz CT molecular complexity index is 4580. The van der Waals surface area contributed by atoms with Gasteiger partial charge in [0, 0.05) is 170 Å². The van der Waals surface area contributed by atoms with Crippen LogP contribution in [0.1, 0.15) is 52.2 Å². The fraction of sp³-hybridized carbons (Fsp3) is 0.297. The SMILES string of the molecule is CCCCN(c1cc(OC)cc(OC)c1)c1ccc2ncc(-c3cnn(C4CCCCO4)c3)nc2c1.CN=C(C)CN(c1cc(OC)cc(OC)c1)c1ccc2ncc(-c3cnn(C)c3)nc2c1.CNCCN(c1cc(OC)cc(OC)c1)c1ccc2ncc(-c3cn[nH]c3)nc2c1. The zero-order valence-corrected chi connectivity index (χ0v) is 57.3. The van der Waals surface area contributed by atoms with Gasteiger partial charge in [0.1, 0.15) is 40.7 Å². The first-order valence-electron chi connectivity index (χ1n) is 32.4. The second-order valence-electron chi connectivity index (χ2n) is 23.2. The van der Waals surface area contributed by atoms with Gasteiger partial charge in [-0.15, -0.1) is 0 Å². The van der Waals surface area contributed by atoms with E-state index in [1.165, 1.54) is 0 Å². The van der Waals surface area contributed by atoms with Crippen LogP contribution in [0.15, 0.2) is 170 Å². The van der Waals surface area contributed by atoms with Crippen molar-refractivity contribution in [2.75, 3.05) is 104 Å². The first-order chi connectivity index (χ1) is 47.9. The Hall–Kier alpha value is -11.2. The molecule has 0 bridgehead atoms. The summed E-state index contributed by atoms with van der Waals surface area (Å²) in [5, 5.41) is 18.8. The number of hydrogen-bond donors (Lipinski definition) is 2. The van der Waals surface area contributed by atoms with Gasteiger partial charge in [0.05, 0.1) is 137 Å². The fourth-order valence-electron chi connectivity index (χ4n) is 11.3. The second kappa shape index (κ2) is 32.5. The molecule has 1 fully saturated rings. The zero-order chi connectivity index (χ0) is 68.5. The summed E-state index contributed by atoms with van der Waals surface area (Å²) in [6.45, 7) is 8.01. The van der Waals surface area contributed by atoms with Gasteiger partial charge in [0.2, 0.25) is 0 Å². The minimum absolute atomic E-state index is 0.000465. The van der Waals surface area contributed by atoms with Gasteiger partial charge < -0.3 is 53.2 Å². The number of H-pyrrole nitrogens is 1. The third-order valence-corrected chi connectivity index (χ3v) is 16.7. The number of fused-ring (bicyclic) bond motifs is 3. The number of rotatable bonds is 24. The van der Waals surface area contributed by atoms with Gasteiger partial charge >= 0.3 is 0 Å². The highest BCUT2D eigenvalue weighted by Crippen LogP contribution is 2.38. The van der Waals surface area contributed by atoms with Gasteiger partial charge in [-0.1, -0.05) is 13.3 Å². The average Bonchev–Trinajstić information content (AvgIpc) is 0.970. The highest BCUT2D eigenvalue weighted by Gasteiger charge is 2.21. The maximum Gasteiger partial charge on any atom is 0.150 e. The van der Waals surface area contributed by atoms with E-state index in [2.05, 4.69) is 85.5 Å². The molecule has 1 aliphatic heterocycles. The Morgan fingerprint density at radius 2 is 1.00 bits per heavy atom. The minimum Gasteiger partial charge on any atom is -0.497 e. The van der Waals surface area contributed by atoms with Crippen molar-refractivity contribution in [2.45, 2.75) is 52.2 Å². The summed E-state index contributed by atoms with van der Waals surface area (Å²) in [6.07, 6.45) is 21.8. The third kappa shape index (κ3) is 16.5. The first-order valence-corrected chi connectivity index (χ1v) is 32.4. The van der Waals surface area contributed by atoms with Gasteiger partial charge in [-0.3, -0.25) is 29.7 Å². The van der Waals surface area contributed by atoms with Crippen molar-refractivity contribution in [3.8, 4) is 68.3 Å². The molecule has 98 heavy (non-hydrogen) atoms. The monoisotopic (exact) mass is 1320 g/mol. The maximum atomic E-state index is 5.87. The van der Waals surface area contributed by atoms with E-state index in [0.717, 1.165) is 200 Å². The summed E-state index contributed by atoms with van der Waals surface area (Å²) in [5.41, 5.74) is 17.0. The van der Waals surface area contributed by atoms with E-state index in [1.54, 1.807) is 85.4 Å². The maximum absolute atomic E-state index is 5.87. The lowest BCUT2D eigenvalue weighted by molar-refractivity contribution is -0.0394. The van der Waals surface area contributed by atoms with Crippen LogP contribution in [0.3, 0.4) is 0 Å². The van der Waals surface area contributed by atoms with Crippen LogP contribution in [0.2, 0.25) is 0 Å². The number of aromatic nitrogens is 12. The van der Waals surface area contributed by atoms with E-state index < -0.39 is 0 Å². The number of anilines is 6. The molecule has 1 aliphatic rings. The number of methoxy groups -OCH3 is 6.